The van der Waals surface area contributed by atoms with Crippen molar-refractivity contribution in [3.05, 3.63) is 69.0 Å². The van der Waals surface area contributed by atoms with Crippen LogP contribution in [0.4, 0.5) is 5.69 Å². The molecule has 1 aromatic heterocycles. The third kappa shape index (κ3) is 3.05. The number of pyridine rings is 1. The van der Waals surface area contributed by atoms with Crippen molar-refractivity contribution in [1.82, 2.24) is 4.57 Å². The molecule has 0 saturated carbocycles. The monoisotopic (exact) mass is 396 g/mol. The molecule has 0 saturated heterocycles. The van der Waals surface area contributed by atoms with Crippen molar-refractivity contribution in [1.29, 1.82) is 0 Å². The molecule has 0 radical (unpaired) electrons. The molecule has 3 aromatic rings. The maximum Gasteiger partial charge on any atom is 0.261 e. The second-order valence-corrected chi connectivity index (χ2v) is 7.22. The topological polar surface area (TPSA) is 77.4 Å². The second-order valence-electron chi connectivity index (χ2n) is 6.81. The van der Waals surface area contributed by atoms with E-state index < -0.39 is 11.3 Å². The van der Waals surface area contributed by atoms with Gasteiger partial charge in [0.2, 0.25) is 5.43 Å². The highest BCUT2D eigenvalue weighted by molar-refractivity contribution is 6.35. The summed E-state index contributed by atoms with van der Waals surface area (Å²) in [4.78, 5) is 37.4. The van der Waals surface area contributed by atoms with E-state index in [0.29, 0.717) is 29.1 Å². The average Bonchev–Trinajstić information content (AvgIpc) is 2.65. The van der Waals surface area contributed by atoms with E-state index in [2.05, 4.69) is 5.32 Å². The number of amides is 1. The lowest BCUT2D eigenvalue weighted by Gasteiger charge is -2.26. The summed E-state index contributed by atoms with van der Waals surface area (Å²) in [6, 6.07) is 9.89. The van der Waals surface area contributed by atoms with Crippen LogP contribution in [0.25, 0.3) is 10.9 Å². The van der Waals surface area contributed by atoms with E-state index >= 15 is 0 Å². The summed E-state index contributed by atoms with van der Waals surface area (Å²) in [5.74, 6) is -0.104. The van der Waals surface area contributed by atoms with Crippen LogP contribution in [0.5, 0.6) is 5.75 Å². The molecule has 0 spiro atoms. The minimum atomic E-state index is -0.558. The van der Waals surface area contributed by atoms with Crippen LogP contribution in [0.15, 0.2) is 47.4 Å². The number of benzene rings is 2. The number of hydrogen-bond donors (Lipinski definition) is 1. The van der Waals surface area contributed by atoms with Crippen molar-refractivity contribution in [2.75, 3.05) is 5.32 Å². The lowest BCUT2D eigenvalue weighted by atomic mass is 10.1. The van der Waals surface area contributed by atoms with Gasteiger partial charge in [-0.2, -0.15) is 0 Å². The molecule has 142 valence electrons. The van der Waals surface area contributed by atoms with Crippen molar-refractivity contribution < 1.29 is 14.3 Å². The number of aromatic nitrogens is 1. The largest absolute Gasteiger partial charge is 0.487 e. The maximum atomic E-state index is 13.0. The fraction of sp³-hybridized carbons (Fsp3) is 0.190. The Morgan fingerprint density at radius 1 is 1.25 bits per heavy atom. The first-order valence-electron chi connectivity index (χ1n) is 8.80. The van der Waals surface area contributed by atoms with Crippen LogP contribution in [0.2, 0.25) is 5.02 Å². The van der Waals surface area contributed by atoms with Crippen molar-refractivity contribution in [3.63, 3.8) is 0 Å². The Kier molecular flexibility index (Phi) is 4.43. The molecule has 1 aliphatic rings. The van der Waals surface area contributed by atoms with Gasteiger partial charge in [0, 0.05) is 17.4 Å². The van der Waals surface area contributed by atoms with Crippen LogP contribution in [-0.2, 0) is 6.54 Å². The number of carbonyl (C=O) groups is 2. The van der Waals surface area contributed by atoms with E-state index in [9.17, 15) is 14.4 Å². The number of ether oxygens (including phenoxy) is 1. The van der Waals surface area contributed by atoms with E-state index in [1.165, 1.54) is 13.1 Å². The Morgan fingerprint density at radius 2 is 2.04 bits per heavy atom. The van der Waals surface area contributed by atoms with Crippen LogP contribution in [0, 0.1) is 0 Å². The van der Waals surface area contributed by atoms with Gasteiger partial charge in [0.1, 0.15) is 17.4 Å². The molecule has 2 aromatic carbocycles. The van der Waals surface area contributed by atoms with Gasteiger partial charge in [0.15, 0.2) is 5.78 Å². The summed E-state index contributed by atoms with van der Waals surface area (Å²) in [6.45, 7) is 3.85. The summed E-state index contributed by atoms with van der Waals surface area (Å²) >= 11 is 6.28. The van der Waals surface area contributed by atoms with E-state index in [1.807, 2.05) is 11.5 Å². The maximum absolute atomic E-state index is 13.0. The van der Waals surface area contributed by atoms with Crippen LogP contribution < -0.4 is 15.5 Å². The Bertz CT molecular complexity index is 1200. The SMILES string of the molecule is CC(=O)c1cccc(NC(=O)c2cn3c4c(ccc(Cl)c4c2=O)O[C@H](C)C3)c1. The van der Waals surface area contributed by atoms with Crippen LogP contribution in [0.3, 0.4) is 0 Å². The lowest BCUT2D eigenvalue weighted by Crippen LogP contribution is -2.30. The van der Waals surface area contributed by atoms with Gasteiger partial charge in [-0.1, -0.05) is 23.7 Å². The number of nitrogens with zero attached hydrogens (tertiary/aromatic N) is 1. The zero-order chi connectivity index (χ0) is 20.0. The van der Waals surface area contributed by atoms with Gasteiger partial charge in [-0.25, -0.2) is 0 Å². The Hall–Kier alpha value is -3.12. The highest BCUT2D eigenvalue weighted by Crippen LogP contribution is 2.33. The normalized spacial score (nSPS) is 15.2. The number of halogens is 1. The number of Topliss-reactive ketones (excluding diaryl/α,β-unsaturated/α-hetero) is 1. The minimum absolute atomic E-state index is 0.0196. The van der Waals surface area contributed by atoms with Gasteiger partial charge in [-0.15, -0.1) is 0 Å². The molecule has 6 nitrogen and oxygen atoms in total. The van der Waals surface area contributed by atoms with Gasteiger partial charge >= 0.3 is 0 Å². The molecule has 0 aliphatic carbocycles. The number of anilines is 1. The second kappa shape index (κ2) is 6.80. The van der Waals surface area contributed by atoms with Gasteiger partial charge in [-0.05, 0) is 38.1 Å². The molecule has 28 heavy (non-hydrogen) atoms. The lowest BCUT2D eigenvalue weighted by molar-refractivity contribution is 0.101. The van der Waals surface area contributed by atoms with Gasteiger partial charge in [0.05, 0.1) is 22.5 Å². The number of rotatable bonds is 3. The molecule has 0 unspecified atom stereocenters. The van der Waals surface area contributed by atoms with E-state index in [0.717, 1.165) is 0 Å². The highest BCUT2D eigenvalue weighted by atomic mass is 35.5. The van der Waals surface area contributed by atoms with Crippen molar-refractivity contribution in [2.45, 2.75) is 26.5 Å². The first kappa shape index (κ1) is 18.3. The molecule has 7 heteroatoms. The van der Waals surface area contributed by atoms with Crippen molar-refractivity contribution in [2.24, 2.45) is 0 Å². The first-order chi connectivity index (χ1) is 13.3. The fourth-order valence-electron chi connectivity index (χ4n) is 3.41. The molecule has 0 fully saturated rings. The third-order valence-electron chi connectivity index (χ3n) is 4.69. The molecule has 0 bridgehead atoms. The zero-order valence-corrected chi connectivity index (χ0v) is 16.0. The first-order valence-corrected chi connectivity index (χ1v) is 9.17. The summed E-state index contributed by atoms with van der Waals surface area (Å²) < 4.78 is 7.62. The summed E-state index contributed by atoms with van der Waals surface area (Å²) in [7, 11) is 0. The molecule has 4 rings (SSSR count). The van der Waals surface area contributed by atoms with Gasteiger partial charge in [-0.3, -0.25) is 14.4 Å². The number of carbonyl (C=O) groups excluding carboxylic acids is 2. The molecule has 2 heterocycles. The zero-order valence-electron chi connectivity index (χ0n) is 15.3. The smallest absolute Gasteiger partial charge is 0.261 e. The Balaban J connectivity index is 1.81. The molecular formula is C21H17ClN2O4. The van der Waals surface area contributed by atoms with Crippen LogP contribution in [-0.4, -0.2) is 22.4 Å². The third-order valence-corrected chi connectivity index (χ3v) is 5.00. The minimum Gasteiger partial charge on any atom is -0.487 e. The Morgan fingerprint density at radius 3 is 2.79 bits per heavy atom. The van der Waals surface area contributed by atoms with Crippen molar-refractivity contribution >= 4 is 39.9 Å². The number of ketones is 1. The fourth-order valence-corrected chi connectivity index (χ4v) is 3.65. The van der Waals surface area contributed by atoms with Gasteiger partial charge in [0.25, 0.3) is 5.91 Å². The predicted octanol–water partition coefficient (Wildman–Crippen LogP) is 3.89. The van der Waals surface area contributed by atoms with E-state index in [1.54, 1.807) is 36.4 Å². The summed E-state index contributed by atoms with van der Waals surface area (Å²) in [5.41, 5.74) is 1.02. The van der Waals surface area contributed by atoms with Crippen LogP contribution >= 0.6 is 11.6 Å². The molecular weight excluding hydrogens is 380 g/mol. The highest BCUT2D eigenvalue weighted by Gasteiger charge is 2.24. The molecule has 1 atom stereocenters. The molecule has 1 N–H and O–H groups in total. The standard InChI is InChI=1S/C21H17ClN2O4/c1-11-9-24-10-15(20(26)18-16(22)6-7-17(28-11)19(18)24)21(27)23-14-5-3-4-13(8-14)12(2)25/h3-8,10-11H,9H2,1-2H3,(H,23,27)/t11-/m1/s1. The molecule has 1 amide bonds. The van der Waals surface area contributed by atoms with Crippen molar-refractivity contribution in [3.8, 4) is 5.75 Å². The Labute approximate surface area is 165 Å². The predicted molar refractivity (Wildman–Crippen MR) is 108 cm³/mol. The van der Waals surface area contributed by atoms with E-state index in [4.69, 9.17) is 16.3 Å². The number of nitrogens with one attached hydrogen (secondary N) is 1. The number of hydrogen-bond acceptors (Lipinski definition) is 4. The molecule has 1 aliphatic heterocycles. The summed E-state index contributed by atoms with van der Waals surface area (Å²) in [6.07, 6.45) is 1.43. The van der Waals surface area contributed by atoms with E-state index in [-0.39, 0.29) is 27.9 Å². The quantitative estimate of drug-likeness (QED) is 0.681. The summed E-state index contributed by atoms with van der Waals surface area (Å²) in [5, 5.41) is 3.22. The van der Waals surface area contributed by atoms with Gasteiger partial charge < -0.3 is 14.6 Å². The average molecular weight is 397 g/mol. The van der Waals surface area contributed by atoms with Crippen LogP contribution in [0.1, 0.15) is 34.6 Å².